The molecule has 0 bridgehead atoms. The summed E-state index contributed by atoms with van der Waals surface area (Å²) in [6, 6.07) is -0.382. The molecule has 0 radical (unpaired) electrons. The van der Waals surface area contributed by atoms with Crippen LogP contribution in [0.4, 0.5) is 0 Å². The molecule has 2 aromatic rings. The van der Waals surface area contributed by atoms with Gasteiger partial charge in [-0.25, -0.2) is 9.97 Å². The van der Waals surface area contributed by atoms with Gasteiger partial charge in [0.1, 0.15) is 24.9 Å². The molecule has 1 saturated carbocycles. The summed E-state index contributed by atoms with van der Waals surface area (Å²) in [4.78, 5) is 12.7. The summed E-state index contributed by atoms with van der Waals surface area (Å²) in [6.07, 6.45) is 1.34. The first kappa shape index (κ1) is 17.8. The SMILES string of the molecule is CCOc1ncnc2c1ncn2[C@@H]1C[C@@H]2OC[P@@](=O)(OCC)O[C@H]2[C@H]1O. The average molecular weight is 384 g/mol. The van der Waals surface area contributed by atoms with Crippen LogP contribution in [0.15, 0.2) is 12.7 Å². The molecule has 2 aromatic heterocycles. The van der Waals surface area contributed by atoms with Gasteiger partial charge < -0.3 is 23.7 Å². The first-order valence-corrected chi connectivity index (χ1v) is 10.3. The maximum atomic E-state index is 12.5. The van der Waals surface area contributed by atoms with E-state index in [1.54, 1.807) is 17.8 Å². The van der Waals surface area contributed by atoms with Crippen molar-refractivity contribution in [2.24, 2.45) is 0 Å². The van der Waals surface area contributed by atoms with E-state index in [9.17, 15) is 9.67 Å². The van der Waals surface area contributed by atoms with E-state index in [0.29, 0.717) is 30.1 Å². The van der Waals surface area contributed by atoms with Crippen molar-refractivity contribution >= 4 is 18.8 Å². The van der Waals surface area contributed by atoms with Gasteiger partial charge in [-0.2, -0.15) is 4.98 Å². The highest BCUT2D eigenvalue weighted by Gasteiger charge is 2.52. The number of hydrogen-bond donors (Lipinski definition) is 1. The number of rotatable bonds is 5. The van der Waals surface area contributed by atoms with Crippen molar-refractivity contribution in [1.82, 2.24) is 19.5 Å². The zero-order valence-electron chi connectivity index (χ0n) is 14.5. The Morgan fingerprint density at radius 2 is 2.19 bits per heavy atom. The smallest absolute Gasteiger partial charge is 0.356 e. The normalized spacial score (nSPS) is 34.1. The van der Waals surface area contributed by atoms with E-state index in [4.69, 9.17) is 18.5 Å². The lowest BCUT2D eigenvalue weighted by atomic mass is 10.2. The second kappa shape index (κ2) is 6.86. The molecule has 2 fully saturated rings. The van der Waals surface area contributed by atoms with Gasteiger partial charge in [-0.1, -0.05) is 0 Å². The standard InChI is InChI=1S/C15H21N4O6P/c1-3-22-15-11-14(16-6-17-15)19(7-18-11)9-5-10-13(12(9)20)25-26(21,8-23-10)24-4-2/h6-7,9-10,12-13,20H,3-5,8H2,1-2H3/t9-,10+,12+,13-,26-/m1/s1. The maximum Gasteiger partial charge on any atom is 0.356 e. The van der Waals surface area contributed by atoms with Gasteiger partial charge in [0.15, 0.2) is 11.2 Å². The summed E-state index contributed by atoms with van der Waals surface area (Å²) < 4.78 is 36.3. The predicted octanol–water partition coefficient (Wildman–Crippen LogP) is 1.50. The molecule has 0 amide bonds. The van der Waals surface area contributed by atoms with Crippen molar-refractivity contribution in [2.45, 2.75) is 44.6 Å². The molecule has 142 valence electrons. The Bertz CT molecular complexity index is 845. The molecule has 10 nitrogen and oxygen atoms in total. The molecule has 1 aliphatic heterocycles. The van der Waals surface area contributed by atoms with Gasteiger partial charge in [0.2, 0.25) is 5.88 Å². The Morgan fingerprint density at radius 1 is 1.35 bits per heavy atom. The fourth-order valence-corrected chi connectivity index (χ4v) is 5.10. The Labute approximate surface area is 150 Å². The van der Waals surface area contributed by atoms with E-state index < -0.39 is 19.8 Å². The third-order valence-electron chi connectivity index (χ3n) is 4.59. The predicted molar refractivity (Wildman–Crippen MR) is 90.0 cm³/mol. The molecule has 5 atom stereocenters. The molecule has 4 rings (SSSR count). The second-order valence-electron chi connectivity index (χ2n) is 6.16. The van der Waals surface area contributed by atoms with Crippen LogP contribution in [0.2, 0.25) is 0 Å². The van der Waals surface area contributed by atoms with E-state index >= 15 is 0 Å². The maximum absolute atomic E-state index is 12.5. The van der Waals surface area contributed by atoms with Crippen molar-refractivity contribution < 1.29 is 28.2 Å². The van der Waals surface area contributed by atoms with Crippen molar-refractivity contribution in [3.63, 3.8) is 0 Å². The van der Waals surface area contributed by atoms with E-state index in [-0.39, 0.29) is 25.1 Å². The monoisotopic (exact) mass is 384 g/mol. The van der Waals surface area contributed by atoms with Crippen LogP contribution in [-0.2, 0) is 18.3 Å². The van der Waals surface area contributed by atoms with Crippen LogP contribution in [0.25, 0.3) is 11.2 Å². The van der Waals surface area contributed by atoms with E-state index in [0.717, 1.165) is 0 Å². The van der Waals surface area contributed by atoms with Gasteiger partial charge >= 0.3 is 7.60 Å². The molecular weight excluding hydrogens is 363 g/mol. The second-order valence-corrected chi connectivity index (χ2v) is 8.11. The lowest BCUT2D eigenvalue weighted by Crippen LogP contribution is -2.38. The number of fused-ring (bicyclic) bond motifs is 2. The van der Waals surface area contributed by atoms with Crippen LogP contribution < -0.4 is 4.74 Å². The number of aromatic nitrogens is 4. The van der Waals surface area contributed by atoms with Crippen LogP contribution in [-0.4, -0.2) is 62.5 Å². The van der Waals surface area contributed by atoms with Gasteiger partial charge in [0.05, 0.1) is 31.7 Å². The third kappa shape index (κ3) is 2.91. The minimum atomic E-state index is -3.34. The zero-order chi connectivity index (χ0) is 18.3. The van der Waals surface area contributed by atoms with Gasteiger partial charge in [-0.15, -0.1) is 0 Å². The third-order valence-corrected chi connectivity index (χ3v) is 6.27. The highest BCUT2D eigenvalue weighted by atomic mass is 31.2. The number of hydrogen-bond acceptors (Lipinski definition) is 9. The summed E-state index contributed by atoms with van der Waals surface area (Å²) in [6.45, 7) is 4.31. The number of nitrogens with zero attached hydrogens (tertiary/aromatic N) is 4. The molecule has 0 spiro atoms. The Balaban J connectivity index is 1.63. The first-order valence-electron chi connectivity index (χ1n) is 8.58. The minimum Gasteiger partial charge on any atom is -0.476 e. The lowest BCUT2D eigenvalue weighted by molar-refractivity contribution is -0.0709. The fraction of sp³-hybridized carbons (Fsp3) is 0.667. The summed E-state index contributed by atoms with van der Waals surface area (Å²) >= 11 is 0. The molecule has 2 aliphatic rings. The molecule has 1 N–H and O–H groups in total. The minimum absolute atomic E-state index is 0.108. The molecule has 11 heteroatoms. The summed E-state index contributed by atoms with van der Waals surface area (Å²) in [5.74, 6) is 0.398. The Morgan fingerprint density at radius 3 is 2.96 bits per heavy atom. The Hall–Kier alpha value is -1.58. The van der Waals surface area contributed by atoms with Crippen molar-refractivity contribution in [3.05, 3.63) is 12.7 Å². The number of aliphatic hydroxyl groups is 1. The van der Waals surface area contributed by atoms with Gasteiger partial charge in [0, 0.05) is 0 Å². The van der Waals surface area contributed by atoms with E-state index in [1.165, 1.54) is 6.33 Å². The van der Waals surface area contributed by atoms with Crippen molar-refractivity contribution in [3.8, 4) is 5.88 Å². The van der Waals surface area contributed by atoms with Gasteiger partial charge in [0.25, 0.3) is 0 Å². The number of ether oxygens (including phenoxy) is 2. The van der Waals surface area contributed by atoms with Crippen molar-refractivity contribution in [1.29, 1.82) is 0 Å². The van der Waals surface area contributed by atoms with Crippen LogP contribution in [0.1, 0.15) is 26.3 Å². The molecular formula is C15H21N4O6P. The van der Waals surface area contributed by atoms with E-state index in [2.05, 4.69) is 15.0 Å². The van der Waals surface area contributed by atoms with Crippen LogP contribution in [0, 0.1) is 0 Å². The van der Waals surface area contributed by atoms with Crippen molar-refractivity contribution in [2.75, 3.05) is 19.6 Å². The first-order chi connectivity index (χ1) is 12.6. The van der Waals surface area contributed by atoms with Crippen LogP contribution >= 0.6 is 7.60 Å². The molecule has 26 heavy (non-hydrogen) atoms. The molecule has 3 heterocycles. The molecule has 0 unspecified atom stereocenters. The molecule has 0 aromatic carbocycles. The highest BCUT2D eigenvalue weighted by molar-refractivity contribution is 7.53. The highest BCUT2D eigenvalue weighted by Crippen LogP contribution is 2.56. The average Bonchev–Trinajstić information content (AvgIpc) is 3.18. The molecule has 1 saturated heterocycles. The topological polar surface area (TPSA) is 118 Å². The zero-order valence-corrected chi connectivity index (χ0v) is 15.4. The van der Waals surface area contributed by atoms with Crippen LogP contribution in [0.5, 0.6) is 5.88 Å². The quantitative estimate of drug-likeness (QED) is 0.765. The summed E-state index contributed by atoms with van der Waals surface area (Å²) in [5.41, 5.74) is 1.08. The summed E-state index contributed by atoms with van der Waals surface area (Å²) in [7, 11) is -3.34. The lowest BCUT2D eigenvalue weighted by Gasteiger charge is -2.32. The number of imidazole rings is 1. The van der Waals surface area contributed by atoms with Crippen LogP contribution in [0.3, 0.4) is 0 Å². The molecule has 1 aliphatic carbocycles. The van der Waals surface area contributed by atoms with E-state index in [1.807, 2.05) is 6.92 Å². The summed E-state index contributed by atoms with van der Waals surface area (Å²) in [5, 5.41) is 10.8. The number of aliphatic hydroxyl groups excluding tert-OH is 1. The Kier molecular flexibility index (Phi) is 4.70. The van der Waals surface area contributed by atoms with Gasteiger partial charge in [-0.05, 0) is 20.3 Å². The van der Waals surface area contributed by atoms with Gasteiger partial charge in [-0.3, -0.25) is 9.09 Å². The fourth-order valence-electron chi connectivity index (χ4n) is 3.50. The largest absolute Gasteiger partial charge is 0.476 e.